The van der Waals surface area contributed by atoms with E-state index in [1.165, 1.54) is 30.3 Å². The van der Waals surface area contributed by atoms with Crippen LogP contribution in [-0.2, 0) is 13.0 Å². The fourth-order valence-corrected chi connectivity index (χ4v) is 4.17. The Kier molecular flexibility index (Phi) is 5.18. The second-order valence-electron chi connectivity index (χ2n) is 7.42. The molecule has 0 atom stereocenters. The van der Waals surface area contributed by atoms with E-state index in [1.807, 2.05) is 17.0 Å². The highest BCUT2D eigenvalue weighted by Crippen LogP contribution is 2.35. The van der Waals surface area contributed by atoms with Crippen molar-refractivity contribution >= 4 is 17.3 Å². The average Bonchev–Trinajstić information content (AvgIpc) is 2.96. The van der Waals surface area contributed by atoms with Crippen LogP contribution in [0.4, 0.5) is 17.3 Å². The molecule has 1 aromatic heterocycles. The van der Waals surface area contributed by atoms with Crippen molar-refractivity contribution < 1.29 is 4.92 Å². The van der Waals surface area contributed by atoms with Gasteiger partial charge in [-0.25, -0.2) is 9.97 Å². The highest BCUT2D eigenvalue weighted by molar-refractivity contribution is 5.71. The standard InChI is InChI=1S/C20H25N5O2/c26-25(27)18-19(23-17-9-3-1-2-4-10-17)21-14-22-20(18)24-12-11-15-7-5-6-8-16(15)13-24/h5-8,14,17H,1-4,9-13H2,(H,21,22,23). The minimum absolute atomic E-state index is 0.00104. The van der Waals surface area contributed by atoms with Gasteiger partial charge in [-0.15, -0.1) is 0 Å². The molecule has 7 nitrogen and oxygen atoms in total. The maximum atomic E-state index is 11.9. The topological polar surface area (TPSA) is 84.2 Å². The molecule has 1 fully saturated rings. The van der Waals surface area contributed by atoms with Gasteiger partial charge in [0.1, 0.15) is 6.33 Å². The summed E-state index contributed by atoms with van der Waals surface area (Å²) in [7, 11) is 0. The molecule has 2 heterocycles. The number of nitro groups is 1. The lowest BCUT2D eigenvalue weighted by Gasteiger charge is -2.29. The van der Waals surface area contributed by atoms with Gasteiger partial charge in [-0.05, 0) is 30.4 Å². The third-order valence-electron chi connectivity index (χ3n) is 5.61. The molecule has 1 saturated carbocycles. The van der Waals surface area contributed by atoms with Gasteiger partial charge in [-0.1, -0.05) is 49.9 Å². The molecule has 0 bridgehead atoms. The molecule has 2 aromatic rings. The van der Waals surface area contributed by atoms with E-state index in [4.69, 9.17) is 0 Å². The first-order chi connectivity index (χ1) is 13.2. The smallest absolute Gasteiger partial charge is 0.353 e. The molecule has 0 spiro atoms. The minimum Gasteiger partial charge on any atom is -0.361 e. The van der Waals surface area contributed by atoms with Crippen LogP contribution < -0.4 is 10.2 Å². The van der Waals surface area contributed by atoms with Gasteiger partial charge in [0.15, 0.2) is 0 Å². The first kappa shape index (κ1) is 17.7. The maximum absolute atomic E-state index is 11.9. The fourth-order valence-electron chi connectivity index (χ4n) is 4.17. The van der Waals surface area contributed by atoms with E-state index < -0.39 is 0 Å². The van der Waals surface area contributed by atoms with E-state index in [0.29, 0.717) is 18.2 Å². The van der Waals surface area contributed by atoms with Crippen LogP contribution in [0.25, 0.3) is 0 Å². The molecule has 0 amide bonds. The Labute approximate surface area is 159 Å². The van der Waals surface area contributed by atoms with Gasteiger partial charge in [-0.3, -0.25) is 10.1 Å². The lowest BCUT2D eigenvalue weighted by Crippen LogP contribution is -2.32. The lowest BCUT2D eigenvalue weighted by molar-refractivity contribution is -0.383. The zero-order valence-corrected chi connectivity index (χ0v) is 15.4. The predicted octanol–water partition coefficient (Wildman–Crippen LogP) is 4.08. The van der Waals surface area contributed by atoms with E-state index in [1.54, 1.807) is 0 Å². The summed E-state index contributed by atoms with van der Waals surface area (Å²) in [5, 5.41) is 15.2. The Morgan fingerprint density at radius 3 is 2.56 bits per heavy atom. The van der Waals surface area contributed by atoms with E-state index in [0.717, 1.165) is 38.6 Å². The second-order valence-corrected chi connectivity index (χ2v) is 7.42. The van der Waals surface area contributed by atoms with Crippen LogP contribution in [0.1, 0.15) is 49.7 Å². The average molecular weight is 367 g/mol. The molecule has 4 rings (SSSR count). The molecular formula is C20H25N5O2. The van der Waals surface area contributed by atoms with Crippen molar-refractivity contribution in [3.8, 4) is 0 Å². The highest BCUT2D eigenvalue weighted by atomic mass is 16.6. The normalized spacial score (nSPS) is 17.9. The quantitative estimate of drug-likeness (QED) is 0.498. The molecule has 27 heavy (non-hydrogen) atoms. The molecule has 0 unspecified atom stereocenters. The summed E-state index contributed by atoms with van der Waals surface area (Å²) in [5.41, 5.74) is 2.51. The van der Waals surface area contributed by atoms with Gasteiger partial charge < -0.3 is 10.2 Å². The Morgan fingerprint density at radius 1 is 1.07 bits per heavy atom. The Balaban J connectivity index is 1.62. The van der Waals surface area contributed by atoms with E-state index in [9.17, 15) is 10.1 Å². The highest BCUT2D eigenvalue weighted by Gasteiger charge is 2.30. The van der Waals surface area contributed by atoms with Crippen LogP contribution in [0.2, 0.25) is 0 Å². The summed E-state index contributed by atoms with van der Waals surface area (Å²) in [6, 6.07) is 8.50. The van der Waals surface area contributed by atoms with E-state index >= 15 is 0 Å². The van der Waals surface area contributed by atoms with Crippen LogP contribution in [-0.4, -0.2) is 27.5 Å². The Morgan fingerprint density at radius 2 is 1.81 bits per heavy atom. The zero-order chi connectivity index (χ0) is 18.6. The van der Waals surface area contributed by atoms with Crippen LogP contribution in [0.3, 0.4) is 0 Å². The molecule has 1 aliphatic carbocycles. The minimum atomic E-state index is -0.338. The number of aromatic nitrogens is 2. The summed E-state index contributed by atoms with van der Waals surface area (Å²) >= 11 is 0. The molecule has 2 aliphatic rings. The van der Waals surface area contributed by atoms with Gasteiger partial charge in [0.2, 0.25) is 11.6 Å². The largest absolute Gasteiger partial charge is 0.361 e. The Bertz CT molecular complexity index is 818. The van der Waals surface area contributed by atoms with E-state index in [-0.39, 0.29) is 16.7 Å². The molecule has 1 N–H and O–H groups in total. The number of fused-ring (bicyclic) bond motifs is 1. The van der Waals surface area contributed by atoms with Crippen molar-refractivity contribution in [3.05, 3.63) is 51.8 Å². The fraction of sp³-hybridized carbons (Fsp3) is 0.500. The molecule has 142 valence electrons. The number of hydrogen-bond donors (Lipinski definition) is 1. The van der Waals surface area contributed by atoms with E-state index in [2.05, 4.69) is 27.4 Å². The number of benzene rings is 1. The number of nitrogens with zero attached hydrogens (tertiary/aromatic N) is 4. The molecule has 0 radical (unpaired) electrons. The number of hydrogen-bond acceptors (Lipinski definition) is 6. The molecule has 7 heteroatoms. The third kappa shape index (κ3) is 3.86. The molecular weight excluding hydrogens is 342 g/mol. The lowest BCUT2D eigenvalue weighted by atomic mass is 10.00. The van der Waals surface area contributed by atoms with Crippen LogP contribution in [0.15, 0.2) is 30.6 Å². The molecule has 1 aromatic carbocycles. The van der Waals surface area contributed by atoms with Crippen LogP contribution >= 0.6 is 0 Å². The summed E-state index contributed by atoms with van der Waals surface area (Å²) < 4.78 is 0. The van der Waals surface area contributed by atoms with Gasteiger partial charge >= 0.3 is 5.69 Å². The van der Waals surface area contributed by atoms with Gasteiger partial charge in [-0.2, -0.15) is 0 Å². The van der Waals surface area contributed by atoms with Crippen molar-refractivity contribution in [2.24, 2.45) is 0 Å². The summed E-state index contributed by atoms with van der Waals surface area (Å²) in [4.78, 5) is 22.1. The second kappa shape index (κ2) is 7.90. The summed E-state index contributed by atoms with van der Waals surface area (Å²) in [6.45, 7) is 1.36. The third-order valence-corrected chi connectivity index (χ3v) is 5.61. The Hall–Kier alpha value is -2.70. The van der Waals surface area contributed by atoms with Gasteiger partial charge in [0.05, 0.1) is 4.92 Å². The zero-order valence-electron chi connectivity index (χ0n) is 15.4. The molecule has 1 aliphatic heterocycles. The van der Waals surface area contributed by atoms with Crippen LogP contribution in [0.5, 0.6) is 0 Å². The number of nitrogens with one attached hydrogen (secondary N) is 1. The van der Waals surface area contributed by atoms with Crippen molar-refractivity contribution in [1.29, 1.82) is 0 Å². The predicted molar refractivity (Wildman–Crippen MR) is 105 cm³/mol. The number of anilines is 2. The summed E-state index contributed by atoms with van der Waals surface area (Å²) in [6.07, 6.45) is 9.18. The monoisotopic (exact) mass is 367 g/mol. The number of rotatable bonds is 4. The van der Waals surface area contributed by atoms with Gasteiger partial charge in [0, 0.05) is 19.1 Å². The summed E-state index contributed by atoms with van der Waals surface area (Å²) in [5.74, 6) is 0.774. The van der Waals surface area contributed by atoms with Crippen molar-refractivity contribution in [3.63, 3.8) is 0 Å². The van der Waals surface area contributed by atoms with Crippen molar-refractivity contribution in [2.45, 2.75) is 57.5 Å². The van der Waals surface area contributed by atoms with Crippen molar-refractivity contribution in [2.75, 3.05) is 16.8 Å². The first-order valence-electron chi connectivity index (χ1n) is 9.80. The van der Waals surface area contributed by atoms with Gasteiger partial charge in [0.25, 0.3) is 0 Å². The maximum Gasteiger partial charge on any atom is 0.353 e. The molecule has 0 saturated heterocycles. The van der Waals surface area contributed by atoms with Crippen LogP contribution in [0, 0.1) is 10.1 Å². The SMILES string of the molecule is O=[N+]([O-])c1c(NC2CCCCCC2)ncnc1N1CCc2ccccc2C1. The first-order valence-corrected chi connectivity index (χ1v) is 9.80. The van der Waals surface area contributed by atoms with Crippen molar-refractivity contribution in [1.82, 2.24) is 9.97 Å².